The molecule has 0 bridgehead atoms. The van der Waals surface area contributed by atoms with Crippen LogP contribution in [0.3, 0.4) is 0 Å². The van der Waals surface area contributed by atoms with Crippen molar-refractivity contribution >= 4 is 22.5 Å². The molecule has 0 aliphatic carbocycles. The van der Waals surface area contributed by atoms with E-state index in [9.17, 15) is 4.21 Å². The molecule has 1 atom stereocenters. The first kappa shape index (κ1) is 15.2. The van der Waals surface area contributed by atoms with E-state index in [4.69, 9.17) is 5.73 Å². The fourth-order valence-electron chi connectivity index (χ4n) is 2.29. The van der Waals surface area contributed by atoms with E-state index >= 15 is 0 Å². The van der Waals surface area contributed by atoms with Crippen LogP contribution in [0.2, 0.25) is 0 Å². The fourth-order valence-corrected chi connectivity index (χ4v) is 2.77. The summed E-state index contributed by atoms with van der Waals surface area (Å²) in [5.41, 5.74) is 10.2. The molecule has 1 unspecified atom stereocenters. The van der Waals surface area contributed by atoms with Gasteiger partial charge in [0.15, 0.2) is 0 Å². The van der Waals surface area contributed by atoms with Crippen molar-refractivity contribution in [3.8, 4) is 22.4 Å². The fraction of sp³-hybridized carbons (Fsp3) is 0.0588. The molecule has 6 heteroatoms. The van der Waals surface area contributed by atoms with Crippen LogP contribution in [0.25, 0.3) is 22.4 Å². The van der Waals surface area contributed by atoms with Crippen molar-refractivity contribution < 1.29 is 4.21 Å². The molecule has 116 valence electrons. The van der Waals surface area contributed by atoms with Crippen molar-refractivity contribution in [2.75, 3.05) is 16.7 Å². The number of nitrogen functional groups attached to an aromatic ring is 1. The van der Waals surface area contributed by atoms with Crippen molar-refractivity contribution in [1.82, 2.24) is 9.97 Å². The zero-order valence-electron chi connectivity index (χ0n) is 12.6. The highest BCUT2D eigenvalue weighted by molar-refractivity contribution is 7.85. The third-order valence-corrected chi connectivity index (χ3v) is 3.85. The van der Waals surface area contributed by atoms with Crippen LogP contribution in [0, 0.1) is 0 Å². The molecule has 0 radical (unpaired) electrons. The Labute approximate surface area is 137 Å². The third kappa shape index (κ3) is 3.54. The predicted molar refractivity (Wildman–Crippen MR) is 95.0 cm³/mol. The normalized spacial score (nSPS) is 11.9. The topological polar surface area (TPSA) is 80.9 Å². The smallest absolute Gasteiger partial charge is 0.141 e. The minimum Gasteiger partial charge on any atom is -0.382 e. The zero-order chi connectivity index (χ0) is 16.2. The van der Waals surface area contributed by atoms with Crippen LogP contribution in [0.4, 0.5) is 11.5 Å². The van der Waals surface area contributed by atoms with Gasteiger partial charge in [-0.3, -0.25) is 4.98 Å². The van der Waals surface area contributed by atoms with Crippen LogP contribution >= 0.6 is 0 Å². The molecule has 0 amide bonds. The number of nitrogens with two attached hydrogens (primary N) is 1. The lowest BCUT2D eigenvalue weighted by Crippen LogP contribution is -2.02. The van der Waals surface area contributed by atoms with Gasteiger partial charge in [-0.1, -0.05) is 42.5 Å². The number of rotatable bonds is 4. The maximum Gasteiger partial charge on any atom is 0.141 e. The second-order valence-corrected chi connectivity index (χ2v) is 6.12. The number of nitrogens with one attached hydrogen (secondary N) is 1. The van der Waals surface area contributed by atoms with Gasteiger partial charge in [-0.05, 0) is 11.6 Å². The van der Waals surface area contributed by atoms with Crippen LogP contribution in [-0.4, -0.2) is 20.4 Å². The Balaban J connectivity index is 1.94. The van der Waals surface area contributed by atoms with Crippen LogP contribution < -0.4 is 10.5 Å². The van der Waals surface area contributed by atoms with Gasteiger partial charge in [-0.25, -0.2) is 9.19 Å². The Morgan fingerprint density at radius 1 is 0.957 bits per heavy atom. The zero-order valence-corrected chi connectivity index (χ0v) is 13.4. The molecule has 23 heavy (non-hydrogen) atoms. The number of hydrogen-bond donors (Lipinski definition) is 2. The van der Waals surface area contributed by atoms with E-state index in [-0.39, 0.29) is 0 Å². The van der Waals surface area contributed by atoms with Crippen LogP contribution in [0.15, 0.2) is 60.9 Å². The van der Waals surface area contributed by atoms with Crippen molar-refractivity contribution in [3.63, 3.8) is 0 Å². The molecule has 0 saturated carbocycles. The lowest BCUT2D eigenvalue weighted by molar-refractivity contribution is 0.690. The monoisotopic (exact) mass is 324 g/mol. The lowest BCUT2D eigenvalue weighted by Gasteiger charge is -2.10. The van der Waals surface area contributed by atoms with Gasteiger partial charge in [-0.2, -0.15) is 0 Å². The maximum atomic E-state index is 11.4. The standard InChI is InChI=1S/C17H16N4OS/c1-23(22)21-15-5-3-2-4-14(15)12-6-8-13(9-7-12)16-10-20-17(18)11-19-16/h2-11,21H,1H3,(H2,18,20). The number of benzene rings is 2. The maximum absolute atomic E-state index is 11.4. The molecule has 3 aromatic rings. The van der Waals surface area contributed by atoms with Crippen molar-refractivity contribution in [2.24, 2.45) is 0 Å². The molecular formula is C17H16N4OS. The molecule has 1 aromatic heterocycles. The molecule has 2 aromatic carbocycles. The summed E-state index contributed by atoms with van der Waals surface area (Å²) in [7, 11) is -1.12. The molecule has 0 saturated heterocycles. The van der Waals surface area contributed by atoms with Gasteiger partial charge >= 0.3 is 0 Å². The molecule has 0 aliphatic rings. The number of anilines is 2. The summed E-state index contributed by atoms with van der Waals surface area (Å²) in [5.74, 6) is 0.401. The first-order valence-corrected chi connectivity index (χ1v) is 8.57. The van der Waals surface area contributed by atoms with Crippen LogP contribution in [0.5, 0.6) is 0 Å². The van der Waals surface area contributed by atoms with Gasteiger partial charge in [0.05, 0.1) is 23.8 Å². The van der Waals surface area contributed by atoms with E-state index in [1.807, 2.05) is 48.5 Å². The Bertz CT molecular complexity index is 832. The quantitative estimate of drug-likeness (QED) is 0.773. The highest BCUT2D eigenvalue weighted by Gasteiger charge is 2.06. The summed E-state index contributed by atoms with van der Waals surface area (Å²) in [6.07, 6.45) is 4.80. The number of nitrogens with zero attached hydrogens (tertiary/aromatic N) is 2. The molecule has 0 fully saturated rings. The Kier molecular flexibility index (Phi) is 4.34. The minimum absolute atomic E-state index is 0.401. The number of para-hydroxylation sites is 1. The summed E-state index contributed by atoms with van der Waals surface area (Å²) in [5, 5.41) is 0. The van der Waals surface area contributed by atoms with Gasteiger partial charge in [0.1, 0.15) is 16.8 Å². The highest BCUT2D eigenvalue weighted by Crippen LogP contribution is 2.29. The first-order chi connectivity index (χ1) is 11.1. The van der Waals surface area contributed by atoms with Gasteiger partial charge in [0.2, 0.25) is 0 Å². The Morgan fingerprint density at radius 2 is 1.65 bits per heavy atom. The van der Waals surface area contributed by atoms with E-state index in [1.54, 1.807) is 18.6 Å². The van der Waals surface area contributed by atoms with Crippen LogP contribution in [-0.2, 0) is 11.0 Å². The molecule has 3 rings (SSSR count). The average molecular weight is 324 g/mol. The van der Waals surface area contributed by atoms with Crippen LogP contribution in [0.1, 0.15) is 0 Å². The van der Waals surface area contributed by atoms with E-state index in [0.717, 1.165) is 28.1 Å². The van der Waals surface area contributed by atoms with Gasteiger partial charge in [-0.15, -0.1) is 0 Å². The van der Waals surface area contributed by atoms with Gasteiger partial charge in [0.25, 0.3) is 0 Å². The lowest BCUT2D eigenvalue weighted by atomic mass is 10.0. The number of aromatic nitrogens is 2. The predicted octanol–water partition coefficient (Wildman–Crippen LogP) is 3.10. The highest BCUT2D eigenvalue weighted by atomic mass is 32.2. The molecule has 3 N–H and O–H groups in total. The minimum atomic E-state index is -1.12. The summed E-state index contributed by atoms with van der Waals surface area (Å²) in [6, 6.07) is 15.8. The van der Waals surface area contributed by atoms with E-state index in [0.29, 0.717) is 5.82 Å². The molecule has 5 nitrogen and oxygen atoms in total. The summed E-state index contributed by atoms with van der Waals surface area (Å²) >= 11 is 0. The van der Waals surface area contributed by atoms with E-state index < -0.39 is 11.0 Å². The third-order valence-electron chi connectivity index (χ3n) is 3.34. The average Bonchev–Trinajstić information content (AvgIpc) is 2.56. The summed E-state index contributed by atoms with van der Waals surface area (Å²) < 4.78 is 14.4. The van der Waals surface area contributed by atoms with Crippen molar-refractivity contribution in [3.05, 3.63) is 60.9 Å². The molecule has 0 aliphatic heterocycles. The molecule has 1 heterocycles. The van der Waals surface area contributed by atoms with E-state index in [1.165, 1.54) is 0 Å². The number of hydrogen-bond acceptors (Lipinski definition) is 4. The SMILES string of the molecule is CS(=O)Nc1ccccc1-c1ccc(-c2cnc(N)cn2)cc1. The second-order valence-electron chi connectivity index (χ2n) is 5.01. The largest absolute Gasteiger partial charge is 0.382 e. The van der Waals surface area contributed by atoms with Gasteiger partial charge in [0, 0.05) is 17.4 Å². The van der Waals surface area contributed by atoms with Crippen molar-refractivity contribution in [1.29, 1.82) is 0 Å². The summed E-state index contributed by atoms with van der Waals surface area (Å²) in [4.78, 5) is 8.32. The molecule has 0 spiro atoms. The molecular weight excluding hydrogens is 308 g/mol. The summed E-state index contributed by atoms with van der Waals surface area (Å²) in [6.45, 7) is 0. The first-order valence-electron chi connectivity index (χ1n) is 7.01. The Morgan fingerprint density at radius 3 is 2.30 bits per heavy atom. The van der Waals surface area contributed by atoms with Gasteiger partial charge < -0.3 is 10.5 Å². The Hall–Kier alpha value is -2.73. The second kappa shape index (κ2) is 6.58. The van der Waals surface area contributed by atoms with Crippen molar-refractivity contribution in [2.45, 2.75) is 0 Å². The van der Waals surface area contributed by atoms with E-state index in [2.05, 4.69) is 14.7 Å².